The van der Waals surface area contributed by atoms with Crippen LogP contribution in [-0.4, -0.2) is 74.9 Å². The largest absolute Gasteiger partial charge is 0.778 e. The summed E-state index contributed by atoms with van der Waals surface area (Å²) in [4.78, 5) is 13.7. The molecule has 3 rings (SSSR count). The van der Waals surface area contributed by atoms with Crippen molar-refractivity contribution in [3.8, 4) is 0 Å². The van der Waals surface area contributed by atoms with E-state index in [2.05, 4.69) is 5.87 Å². The van der Waals surface area contributed by atoms with Gasteiger partial charge < -0.3 is 13.9 Å². The minimum absolute atomic E-state index is 0.370. The zero-order chi connectivity index (χ0) is 14.3. The first-order valence-electron chi connectivity index (χ1n) is 6.86. The molecule has 0 aliphatic carbocycles. The first-order valence-corrected chi connectivity index (χ1v) is 8.92. The highest BCUT2D eigenvalue weighted by atomic mass is 32.2. The van der Waals surface area contributed by atoms with Crippen LogP contribution in [0.5, 0.6) is 0 Å². The lowest BCUT2D eigenvalue weighted by molar-refractivity contribution is -0.944. The molecule has 3 fully saturated rings. The minimum Gasteiger partial charge on any atom is -0.778 e. The lowest BCUT2D eigenvalue weighted by Gasteiger charge is -2.44. The number of quaternary nitrogens is 1. The molecule has 0 aromatic rings. The predicted molar refractivity (Wildman–Crippen MR) is 75.6 cm³/mol. The first-order chi connectivity index (χ1) is 8.72. The van der Waals surface area contributed by atoms with Crippen LogP contribution in [0.4, 0.5) is 0 Å². The molecular formula is C13H24N2O3S. The Morgan fingerprint density at radius 1 is 1.32 bits per heavy atom. The fraction of sp³-hybridized carbons (Fsp3) is 0.846. The number of amides is 1. The van der Waals surface area contributed by atoms with E-state index in [0.717, 1.165) is 31.4 Å². The van der Waals surface area contributed by atoms with Gasteiger partial charge in [-0.2, -0.15) is 0 Å². The lowest BCUT2D eigenvalue weighted by Crippen LogP contribution is -2.63. The summed E-state index contributed by atoms with van der Waals surface area (Å²) >= 11 is 0. The number of hydrogen-bond donors (Lipinski definition) is 0. The number of hydrogen-bond acceptors (Lipinski definition) is 3. The third-order valence-electron chi connectivity index (χ3n) is 4.83. The van der Waals surface area contributed by atoms with Crippen molar-refractivity contribution >= 4 is 21.6 Å². The molecule has 5 nitrogen and oxygen atoms in total. The molecule has 1 unspecified atom stereocenters. The van der Waals surface area contributed by atoms with Gasteiger partial charge in [-0.1, -0.05) is 5.87 Å². The van der Waals surface area contributed by atoms with Crippen molar-refractivity contribution in [2.45, 2.75) is 37.8 Å². The second-order valence-corrected chi connectivity index (χ2v) is 8.04. The molecule has 19 heavy (non-hydrogen) atoms. The Hall–Kier alpha value is -0.590. The van der Waals surface area contributed by atoms with Gasteiger partial charge in [0.2, 0.25) is 0 Å². The first kappa shape index (κ1) is 14.8. The van der Waals surface area contributed by atoms with E-state index < -0.39 is 9.80 Å². The fourth-order valence-electron chi connectivity index (χ4n) is 3.92. The minimum atomic E-state index is -2.92. The van der Waals surface area contributed by atoms with Crippen LogP contribution in [0.25, 0.3) is 0 Å². The summed E-state index contributed by atoms with van der Waals surface area (Å²) in [6.07, 6.45) is 6.56. The zero-order valence-electron chi connectivity index (χ0n) is 11.8. The van der Waals surface area contributed by atoms with E-state index in [-0.39, 0.29) is 0 Å². The van der Waals surface area contributed by atoms with Crippen molar-refractivity contribution in [3.63, 3.8) is 0 Å². The highest BCUT2D eigenvalue weighted by Gasteiger charge is 2.56. The van der Waals surface area contributed by atoms with E-state index in [1.165, 1.54) is 36.7 Å². The molecule has 2 bridgehead atoms. The number of piperazine rings is 1. The molecule has 1 atom stereocenters. The summed E-state index contributed by atoms with van der Waals surface area (Å²) in [6.45, 7) is 3.00. The summed E-state index contributed by atoms with van der Waals surface area (Å²) in [5.41, 5.74) is 0. The summed E-state index contributed by atoms with van der Waals surface area (Å²) in [6, 6.07) is 1.66. The van der Waals surface area contributed by atoms with Gasteiger partial charge in [0.25, 0.3) is 5.91 Å². The van der Waals surface area contributed by atoms with Crippen molar-refractivity contribution in [1.29, 1.82) is 0 Å². The number of carbonyl (C=O) groups excluding carboxylic acids is 1. The monoisotopic (exact) mass is 288 g/mol. The van der Waals surface area contributed by atoms with Crippen LogP contribution in [-0.2, 0) is 14.6 Å². The second-order valence-electron chi connectivity index (χ2n) is 6.19. The smallest absolute Gasteiger partial charge is 0.277 e. The van der Waals surface area contributed by atoms with E-state index in [4.69, 9.17) is 0 Å². The molecule has 110 valence electrons. The summed E-state index contributed by atoms with van der Waals surface area (Å²) < 4.78 is 20.2. The Kier molecular flexibility index (Phi) is 3.95. The Morgan fingerprint density at radius 2 is 1.74 bits per heavy atom. The van der Waals surface area contributed by atoms with Gasteiger partial charge in [-0.3, -0.25) is 9.00 Å². The van der Waals surface area contributed by atoms with Crippen molar-refractivity contribution in [1.82, 2.24) is 4.90 Å². The van der Waals surface area contributed by atoms with Crippen LogP contribution in [0.3, 0.4) is 0 Å². The summed E-state index contributed by atoms with van der Waals surface area (Å²) in [5, 5.41) is 0. The molecule has 0 aromatic heterocycles. The SMILES string of the molecule is C=S(C)(=O)[O-].CN1CC[N+]2(CC1=O)C1CCC2CC1. The molecule has 0 aromatic carbocycles. The van der Waals surface area contributed by atoms with Gasteiger partial charge in [-0.15, -0.1) is 9.80 Å². The maximum Gasteiger partial charge on any atom is 0.277 e. The third-order valence-corrected chi connectivity index (χ3v) is 4.83. The lowest BCUT2D eigenvalue weighted by atomic mass is 10.0. The van der Waals surface area contributed by atoms with Crippen LogP contribution in [0.15, 0.2) is 0 Å². The zero-order valence-corrected chi connectivity index (χ0v) is 12.7. The van der Waals surface area contributed by atoms with E-state index in [1.807, 2.05) is 11.9 Å². The average Bonchev–Trinajstić information content (AvgIpc) is 2.77. The Bertz CT molecular complexity index is 433. The molecule has 3 saturated heterocycles. The molecular weight excluding hydrogens is 264 g/mol. The van der Waals surface area contributed by atoms with Crippen LogP contribution in [0.2, 0.25) is 0 Å². The molecule has 0 radical (unpaired) electrons. The van der Waals surface area contributed by atoms with E-state index in [1.54, 1.807) is 0 Å². The van der Waals surface area contributed by atoms with Crippen LogP contribution in [0.1, 0.15) is 25.7 Å². The molecule has 3 aliphatic heterocycles. The highest BCUT2D eigenvalue weighted by Crippen LogP contribution is 2.45. The Balaban J connectivity index is 0.000000232. The van der Waals surface area contributed by atoms with Gasteiger partial charge in [0, 0.05) is 32.7 Å². The Labute approximate surface area is 116 Å². The van der Waals surface area contributed by atoms with Crippen LogP contribution in [0, 0.1) is 0 Å². The second kappa shape index (κ2) is 5.07. The van der Waals surface area contributed by atoms with Crippen molar-refractivity contribution in [2.75, 3.05) is 32.9 Å². The topological polar surface area (TPSA) is 60.4 Å². The van der Waals surface area contributed by atoms with Crippen molar-refractivity contribution < 1.29 is 18.0 Å². The quantitative estimate of drug-likeness (QED) is 0.468. The maximum atomic E-state index is 11.8. The standard InChI is InChI=1S/C11H19N2O.C2H6O2S/c1-12-6-7-13(8-11(12)14)9-2-3-10(13)5-4-9;1-5(2,3)4/h9-10H,2-8H2,1H3;1H2,2H3,(H,3,4)/q+1;/p-1. The summed E-state index contributed by atoms with van der Waals surface area (Å²) in [7, 11) is -0.976. The molecule has 3 aliphatic rings. The average molecular weight is 288 g/mol. The van der Waals surface area contributed by atoms with Gasteiger partial charge in [0.05, 0.1) is 25.2 Å². The predicted octanol–water partition coefficient (Wildman–Crippen LogP) is 0.0630. The number of carbonyl (C=O) groups is 1. The van der Waals surface area contributed by atoms with Crippen molar-refractivity contribution in [3.05, 3.63) is 0 Å². The number of nitrogens with zero attached hydrogens (tertiary/aromatic N) is 2. The van der Waals surface area contributed by atoms with Crippen molar-refractivity contribution in [2.24, 2.45) is 0 Å². The normalized spacial score (nSPS) is 39.9. The van der Waals surface area contributed by atoms with Gasteiger partial charge in [0.15, 0.2) is 6.54 Å². The summed E-state index contributed by atoms with van der Waals surface area (Å²) in [5.74, 6) is 3.11. The van der Waals surface area contributed by atoms with E-state index in [0.29, 0.717) is 5.91 Å². The van der Waals surface area contributed by atoms with Crippen LogP contribution >= 0.6 is 0 Å². The maximum absolute atomic E-state index is 11.8. The fourth-order valence-corrected chi connectivity index (χ4v) is 3.92. The highest BCUT2D eigenvalue weighted by molar-refractivity contribution is 7.94. The molecule has 6 heteroatoms. The van der Waals surface area contributed by atoms with Gasteiger partial charge in [-0.25, -0.2) is 0 Å². The van der Waals surface area contributed by atoms with Crippen LogP contribution < -0.4 is 0 Å². The molecule has 3 heterocycles. The van der Waals surface area contributed by atoms with E-state index >= 15 is 0 Å². The number of likely N-dealkylation sites (N-methyl/N-ethyl adjacent to an activating group) is 1. The van der Waals surface area contributed by atoms with Gasteiger partial charge >= 0.3 is 0 Å². The molecule has 1 amide bonds. The molecule has 0 N–H and O–H groups in total. The van der Waals surface area contributed by atoms with Gasteiger partial charge in [0.1, 0.15) is 0 Å². The van der Waals surface area contributed by atoms with Gasteiger partial charge in [-0.05, 0) is 6.26 Å². The third kappa shape index (κ3) is 3.12. The molecule has 0 saturated carbocycles. The Morgan fingerprint density at radius 3 is 2.11 bits per heavy atom. The number of rotatable bonds is 0. The van der Waals surface area contributed by atoms with E-state index in [9.17, 15) is 13.6 Å². The molecule has 1 spiro atoms.